The van der Waals surface area contributed by atoms with Gasteiger partial charge in [0.05, 0.1) is 12.2 Å². The van der Waals surface area contributed by atoms with Gasteiger partial charge < -0.3 is 18.6 Å². The standard InChI is InChI=1S/C14H28O5Si/c1-8-12(16-13(15)9(2)3)14(19-20,17-10(4)5)18-11(6)7/h10-12H,2,8H2,1,3-7,20H3. The van der Waals surface area contributed by atoms with Crippen LogP contribution in [0.4, 0.5) is 0 Å². The minimum absolute atomic E-state index is 0.125. The minimum Gasteiger partial charge on any atom is -0.450 e. The van der Waals surface area contributed by atoms with E-state index in [2.05, 4.69) is 6.58 Å². The van der Waals surface area contributed by atoms with Crippen molar-refractivity contribution in [1.29, 1.82) is 0 Å². The fraction of sp³-hybridized carbons (Fsp3) is 0.786. The molecule has 118 valence electrons. The molecule has 1 atom stereocenters. The van der Waals surface area contributed by atoms with Crippen molar-refractivity contribution >= 4 is 16.5 Å². The normalized spacial score (nSPS) is 13.8. The first-order chi connectivity index (χ1) is 9.18. The van der Waals surface area contributed by atoms with Crippen molar-refractivity contribution in [3.8, 4) is 0 Å². The number of hydrogen-bond donors (Lipinski definition) is 0. The largest absolute Gasteiger partial charge is 0.450 e. The summed E-state index contributed by atoms with van der Waals surface area (Å²) in [6, 6.07) is 0. The maximum absolute atomic E-state index is 11.8. The highest BCUT2D eigenvalue weighted by molar-refractivity contribution is 5.98. The van der Waals surface area contributed by atoms with Gasteiger partial charge in [0.1, 0.15) is 0 Å². The van der Waals surface area contributed by atoms with Crippen LogP contribution in [0.1, 0.15) is 48.0 Å². The van der Waals surface area contributed by atoms with Gasteiger partial charge in [-0.1, -0.05) is 13.5 Å². The summed E-state index contributed by atoms with van der Waals surface area (Å²) in [5.74, 6) is -1.83. The summed E-state index contributed by atoms with van der Waals surface area (Å²) < 4.78 is 22.6. The van der Waals surface area contributed by atoms with Crippen molar-refractivity contribution in [2.24, 2.45) is 0 Å². The predicted molar refractivity (Wildman–Crippen MR) is 81.2 cm³/mol. The molecule has 6 heteroatoms. The molecule has 0 aliphatic rings. The molecular formula is C14H28O5Si. The van der Waals surface area contributed by atoms with Gasteiger partial charge in [-0.3, -0.25) is 0 Å². The van der Waals surface area contributed by atoms with Gasteiger partial charge in [-0.25, -0.2) is 4.79 Å². The zero-order valence-corrected chi connectivity index (χ0v) is 15.7. The summed E-state index contributed by atoms with van der Waals surface area (Å²) in [5.41, 5.74) is 0.333. The van der Waals surface area contributed by atoms with Gasteiger partial charge in [-0.05, 0) is 41.0 Å². The second-order valence-electron chi connectivity index (χ2n) is 5.22. The number of carbonyl (C=O) groups excluding carboxylic acids is 1. The predicted octanol–water partition coefficient (Wildman–Crippen LogP) is 1.69. The first-order valence-electron chi connectivity index (χ1n) is 6.95. The zero-order chi connectivity index (χ0) is 15.9. The number of ether oxygens (including phenoxy) is 3. The highest BCUT2D eigenvalue weighted by Crippen LogP contribution is 2.28. The SMILES string of the molecule is C=C(C)C(=O)OC(CC)C(O[SiH3])(OC(C)C)OC(C)C. The number of carbonyl (C=O) groups is 1. The summed E-state index contributed by atoms with van der Waals surface area (Å²) in [6.07, 6.45) is -0.379. The molecule has 0 N–H and O–H groups in total. The molecule has 0 fully saturated rings. The fourth-order valence-corrected chi connectivity index (χ4v) is 2.15. The number of hydrogen-bond acceptors (Lipinski definition) is 5. The Balaban J connectivity index is 5.30. The molecule has 0 aliphatic heterocycles. The van der Waals surface area contributed by atoms with Crippen LogP contribution in [0.15, 0.2) is 12.2 Å². The second-order valence-corrected chi connectivity index (χ2v) is 5.63. The summed E-state index contributed by atoms with van der Waals surface area (Å²) in [6.45, 7) is 14.6. The smallest absolute Gasteiger partial charge is 0.333 e. The molecule has 0 aliphatic carbocycles. The molecule has 0 heterocycles. The van der Waals surface area contributed by atoms with Crippen molar-refractivity contribution in [3.63, 3.8) is 0 Å². The molecule has 0 spiro atoms. The third kappa shape index (κ3) is 5.74. The van der Waals surface area contributed by atoms with Gasteiger partial charge in [0, 0.05) is 5.57 Å². The van der Waals surface area contributed by atoms with E-state index >= 15 is 0 Å². The van der Waals surface area contributed by atoms with Crippen LogP contribution in [0.5, 0.6) is 0 Å². The van der Waals surface area contributed by atoms with Crippen LogP contribution in [-0.4, -0.2) is 40.7 Å². The lowest BCUT2D eigenvalue weighted by Crippen LogP contribution is -2.53. The maximum Gasteiger partial charge on any atom is 0.333 e. The third-order valence-electron chi connectivity index (χ3n) is 2.45. The number of esters is 1. The third-order valence-corrected chi connectivity index (χ3v) is 3.02. The van der Waals surface area contributed by atoms with Gasteiger partial charge in [-0.15, -0.1) is 0 Å². The molecular weight excluding hydrogens is 276 g/mol. The zero-order valence-electron chi connectivity index (χ0n) is 13.7. The molecule has 0 radical (unpaired) electrons. The molecule has 0 amide bonds. The van der Waals surface area contributed by atoms with Crippen LogP contribution in [0.2, 0.25) is 0 Å². The van der Waals surface area contributed by atoms with Crippen LogP contribution < -0.4 is 0 Å². The second kappa shape index (κ2) is 8.56. The van der Waals surface area contributed by atoms with Crippen LogP contribution >= 0.6 is 0 Å². The summed E-state index contributed by atoms with van der Waals surface area (Å²) in [7, 11) is 0.392. The Hall–Kier alpha value is -0.693. The summed E-state index contributed by atoms with van der Waals surface area (Å²) in [4.78, 5) is 11.8. The molecule has 5 nitrogen and oxygen atoms in total. The van der Waals surface area contributed by atoms with E-state index in [9.17, 15) is 4.79 Å². The average Bonchev–Trinajstić information content (AvgIpc) is 2.33. The lowest BCUT2D eigenvalue weighted by Gasteiger charge is -2.40. The average molecular weight is 304 g/mol. The first-order valence-corrected chi connectivity index (χ1v) is 7.77. The van der Waals surface area contributed by atoms with E-state index in [1.165, 1.54) is 0 Å². The Morgan fingerprint density at radius 1 is 1.20 bits per heavy atom. The molecule has 0 aromatic rings. The Morgan fingerprint density at radius 2 is 1.65 bits per heavy atom. The molecule has 0 bridgehead atoms. The van der Waals surface area contributed by atoms with E-state index < -0.39 is 18.0 Å². The van der Waals surface area contributed by atoms with Crippen molar-refractivity contribution in [3.05, 3.63) is 12.2 Å². The summed E-state index contributed by atoms with van der Waals surface area (Å²) in [5, 5.41) is 0. The van der Waals surface area contributed by atoms with Crippen molar-refractivity contribution in [2.75, 3.05) is 0 Å². The minimum atomic E-state index is -1.35. The molecule has 0 saturated heterocycles. The van der Waals surface area contributed by atoms with Crippen molar-refractivity contribution in [2.45, 2.75) is 72.2 Å². The van der Waals surface area contributed by atoms with Crippen LogP contribution in [-0.2, 0) is 23.4 Å². The lowest BCUT2D eigenvalue weighted by atomic mass is 10.2. The van der Waals surface area contributed by atoms with E-state index in [4.69, 9.17) is 18.6 Å². The molecule has 0 aromatic carbocycles. The highest BCUT2D eigenvalue weighted by Gasteiger charge is 2.45. The maximum atomic E-state index is 11.8. The van der Waals surface area contributed by atoms with Gasteiger partial charge in [-0.2, -0.15) is 0 Å². The van der Waals surface area contributed by atoms with E-state index in [0.29, 0.717) is 22.5 Å². The van der Waals surface area contributed by atoms with E-state index in [1.54, 1.807) is 6.92 Å². The Kier molecular flexibility index (Phi) is 8.27. The van der Waals surface area contributed by atoms with Gasteiger partial charge in [0.25, 0.3) is 0 Å². The van der Waals surface area contributed by atoms with Gasteiger partial charge in [0.15, 0.2) is 16.6 Å². The first kappa shape index (κ1) is 19.3. The molecule has 0 aromatic heterocycles. The monoisotopic (exact) mass is 304 g/mol. The Labute approximate surface area is 125 Å². The van der Waals surface area contributed by atoms with Gasteiger partial charge >= 0.3 is 11.9 Å². The lowest BCUT2D eigenvalue weighted by molar-refractivity contribution is -0.400. The van der Waals surface area contributed by atoms with E-state index in [-0.39, 0.29) is 12.2 Å². The van der Waals surface area contributed by atoms with Crippen LogP contribution in [0.25, 0.3) is 0 Å². The topological polar surface area (TPSA) is 54.0 Å². The Morgan fingerprint density at radius 3 is 1.90 bits per heavy atom. The molecule has 0 saturated carbocycles. The van der Waals surface area contributed by atoms with Crippen LogP contribution in [0, 0.1) is 0 Å². The molecule has 20 heavy (non-hydrogen) atoms. The summed E-state index contributed by atoms with van der Waals surface area (Å²) >= 11 is 0. The molecule has 1 unspecified atom stereocenters. The van der Waals surface area contributed by atoms with Crippen LogP contribution in [0.3, 0.4) is 0 Å². The van der Waals surface area contributed by atoms with E-state index in [0.717, 1.165) is 0 Å². The highest BCUT2D eigenvalue weighted by atomic mass is 28.2. The number of rotatable bonds is 9. The molecule has 0 rings (SSSR count). The quantitative estimate of drug-likeness (QED) is 0.281. The van der Waals surface area contributed by atoms with Gasteiger partial charge in [0.2, 0.25) is 0 Å². The Bertz CT molecular complexity index is 318. The van der Waals surface area contributed by atoms with E-state index in [1.807, 2.05) is 34.6 Å². The fourth-order valence-electron chi connectivity index (χ4n) is 1.70. The van der Waals surface area contributed by atoms with Crippen molar-refractivity contribution < 1.29 is 23.4 Å². The van der Waals surface area contributed by atoms with Crippen molar-refractivity contribution in [1.82, 2.24) is 0 Å².